The Morgan fingerprint density at radius 2 is 1.70 bits per heavy atom. The van der Waals surface area contributed by atoms with Crippen molar-refractivity contribution >= 4 is 5.78 Å². The number of ketones is 1. The molecule has 0 aliphatic carbocycles. The lowest BCUT2D eigenvalue weighted by molar-refractivity contribution is -0.121. The predicted octanol–water partition coefficient (Wildman–Crippen LogP) is 5.43. The quantitative estimate of drug-likeness (QED) is 0.556. The molecule has 2 atom stereocenters. The van der Waals surface area contributed by atoms with Crippen LogP contribution in [0, 0.1) is 11.8 Å². The van der Waals surface area contributed by atoms with Gasteiger partial charge in [-0.15, -0.1) is 0 Å². The molecule has 0 aromatic heterocycles. The van der Waals surface area contributed by atoms with Gasteiger partial charge in [0.05, 0.1) is 0 Å². The van der Waals surface area contributed by atoms with E-state index in [1.807, 2.05) is 0 Å². The molecule has 0 saturated carbocycles. The summed E-state index contributed by atoms with van der Waals surface area (Å²) in [5.74, 6) is 1.46. The molecule has 0 amide bonds. The maximum atomic E-state index is 11.4. The van der Waals surface area contributed by atoms with Gasteiger partial charge in [-0.3, -0.25) is 4.79 Å². The van der Waals surface area contributed by atoms with E-state index in [4.69, 9.17) is 0 Å². The topological polar surface area (TPSA) is 17.1 Å². The van der Waals surface area contributed by atoms with Crippen molar-refractivity contribution < 1.29 is 4.79 Å². The van der Waals surface area contributed by atoms with Gasteiger partial charge in [0.25, 0.3) is 0 Å². The van der Waals surface area contributed by atoms with Crippen molar-refractivity contribution in [1.82, 2.24) is 0 Å². The molecule has 2 unspecified atom stereocenters. The van der Waals surface area contributed by atoms with Crippen LogP contribution in [0.1, 0.15) is 64.9 Å². The molecule has 0 spiro atoms. The van der Waals surface area contributed by atoms with Gasteiger partial charge in [0.1, 0.15) is 5.78 Å². The molecular formula is C19H30O. The van der Waals surface area contributed by atoms with E-state index in [1.165, 1.54) is 37.7 Å². The smallest absolute Gasteiger partial charge is 0.132 e. The molecule has 0 N–H and O–H groups in total. The van der Waals surface area contributed by atoms with Crippen molar-refractivity contribution in [2.24, 2.45) is 11.8 Å². The largest absolute Gasteiger partial charge is 0.300 e. The molecule has 20 heavy (non-hydrogen) atoms. The molecule has 1 rings (SSSR count). The highest BCUT2D eigenvalue weighted by molar-refractivity contribution is 5.78. The third kappa shape index (κ3) is 6.36. The summed E-state index contributed by atoms with van der Waals surface area (Å²) in [4.78, 5) is 11.4. The molecule has 112 valence electrons. The maximum Gasteiger partial charge on any atom is 0.132 e. The Morgan fingerprint density at radius 1 is 1.00 bits per heavy atom. The molecule has 0 fully saturated rings. The van der Waals surface area contributed by atoms with Crippen molar-refractivity contribution in [2.75, 3.05) is 0 Å². The first-order chi connectivity index (χ1) is 9.67. The molecule has 0 aliphatic rings. The second-order valence-corrected chi connectivity index (χ2v) is 5.95. The lowest BCUT2D eigenvalue weighted by atomic mass is 9.89. The first-order valence-electron chi connectivity index (χ1n) is 8.21. The van der Waals surface area contributed by atoms with Crippen LogP contribution in [-0.2, 0) is 11.2 Å². The summed E-state index contributed by atoms with van der Waals surface area (Å²) in [6.45, 7) is 6.15. The van der Waals surface area contributed by atoms with Crippen LogP contribution in [-0.4, -0.2) is 5.78 Å². The Labute approximate surface area is 124 Å². The van der Waals surface area contributed by atoms with Crippen LogP contribution in [0.5, 0.6) is 0 Å². The summed E-state index contributed by atoms with van der Waals surface area (Å²) in [6, 6.07) is 10.8. The molecule has 1 aromatic carbocycles. The third-order valence-corrected chi connectivity index (χ3v) is 4.49. The number of Topliss-reactive ketones (excluding diaryl/α,β-unsaturated/α-hetero) is 1. The minimum atomic E-state index is 0.293. The Bertz CT molecular complexity index is 369. The number of hydrogen-bond acceptors (Lipinski definition) is 1. The number of hydrogen-bond donors (Lipinski definition) is 0. The summed E-state index contributed by atoms with van der Waals surface area (Å²) < 4.78 is 0. The highest BCUT2D eigenvalue weighted by Gasteiger charge is 2.13. The molecular weight excluding hydrogens is 244 g/mol. The fraction of sp³-hybridized carbons (Fsp3) is 0.632. The predicted molar refractivity (Wildman–Crippen MR) is 86.9 cm³/mol. The zero-order valence-electron chi connectivity index (χ0n) is 13.4. The van der Waals surface area contributed by atoms with Crippen LogP contribution in [0.25, 0.3) is 0 Å². The van der Waals surface area contributed by atoms with E-state index in [0.717, 1.165) is 18.8 Å². The number of rotatable bonds is 10. The van der Waals surface area contributed by atoms with Crippen molar-refractivity contribution in [3.63, 3.8) is 0 Å². The lowest BCUT2D eigenvalue weighted by Gasteiger charge is -2.16. The SMILES string of the molecule is CCC(CCCC(CC)C(C)=O)CCc1ccccc1. The van der Waals surface area contributed by atoms with E-state index in [9.17, 15) is 4.79 Å². The fourth-order valence-corrected chi connectivity index (χ4v) is 2.92. The Kier molecular flexibility index (Phi) is 8.25. The summed E-state index contributed by atoms with van der Waals surface area (Å²) in [6.07, 6.45) is 8.26. The Balaban J connectivity index is 2.27. The van der Waals surface area contributed by atoms with Crippen molar-refractivity contribution in [3.05, 3.63) is 35.9 Å². The minimum absolute atomic E-state index is 0.293. The first-order valence-corrected chi connectivity index (χ1v) is 8.21. The van der Waals surface area contributed by atoms with Crippen molar-refractivity contribution in [3.8, 4) is 0 Å². The van der Waals surface area contributed by atoms with E-state index < -0.39 is 0 Å². The highest BCUT2D eigenvalue weighted by atomic mass is 16.1. The first kappa shape index (κ1) is 16.9. The van der Waals surface area contributed by atoms with Crippen LogP contribution in [0.15, 0.2) is 30.3 Å². The molecule has 0 saturated heterocycles. The summed E-state index contributed by atoms with van der Waals surface area (Å²) in [7, 11) is 0. The number of benzene rings is 1. The van der Waals surface area contributed by atoms with Crippen molar-refractivity contribution in [2.45, 2.75) is 65.7 Å². The van der Waals surface area contributed by atoms with Crippen molar-refractivity contribution in [1.29, 1.82) is 0 Å². The van der Waals surface area contributed by atoms with Crippen LogP contribution < -0.4 is 0 Å². The Morgan fingerprint density at radius 3 is 2.25 bits per heavy atom. The second kappa shape index (κ2) is 9.74. The van der Waals surface area contributed by atoms with Gasteiger partial charge < -0.3 is 0 Å². The standard InChI is InChI=1S/C19H30O/c1-4-17(12-9-13-19(5-2)16(3)20)14-15-18-10-7-6-8-11-18/h6-8,10-11,17,19H,4-5,9,12-15H2,1-3H3. The van der Waals surface area contributed by atoms with Gasteiger partial charge in [-0.2, -0.15) is 0 Å². The normalized spacial score (nSPS) is 13.9. The van der Waals surface area contributed by atoms with E-state index in [1.54, 1.807) is 6.92 Å². The average molecular weight is 274 g/mol. The second-order valence-electron chi connectivity index (χ2n) is 5.95. The minimum Gasteiger partial charge on any atom is -0.300 e. The fourth-order valence-electron chi connectivity index (χ4n) is 2.92. The zero-order valence-corrected chi connectivity index (χ0v) is 13.4. The van der Waals surface area contributed by atoms with Crippen LogP contribution >= 0.6 is 0 Å². The Hall–Kier alpha value is -1.11. The summed E-state index contributed by atoms with van der Waals surface area (Å²) in [5, 5.41) is 0. The molecule has 0 bridgehead atoms. The molecule has 1 aromatic rings. The molecule has 0 aliphatic heterocycles. The van der Waals surface area contributed by atoms with E-state index in [2.05, 4.69) is 44.2 Å². The number of carbonyl (C=O) groups excluding carboxylic acids is 1. The zero-order chi connectivity index (χ0) is 14.8. The van der Waals surface area contributed by atoms with E-state index >= 15 is 0 Å². The van der Waals surface area contributed by atoms with Gasteiger partial charge in [0.15, 0.2) is 0 Å². The average Bonchev–Trinajstić information content (AvgIpc) is 2.47. The van der Waals surface area contributed by atoms with Gasteiger partial charge in [0.2, 0.25) is 0 Å². The third-order valence-electron chi connectivity index (χ3n) is 4.49. The van der Waals surface area contributed by atoms with E-state index in [-0.39, 0.29) is 0 Å². The summed E-state index contributed by atoms with van der Waals surface area (Å²) >= 11 is 0. The maximum absolute atomic E-state index is 11.4. The monoisotopic (exact) mass is 274 g/mol. The van der Waals surface area contributed by atoms with Gasteiger partial charge in [-0.1, -0.05) is 63.4 Å². The van der Waals surface area contributed by atoms with Gasteiger partial charge in [0, 0.05) is 5.92 Å². The lowest BCUT2D eigenvalue weighted by Crippen LogP contribution is -2.10. The van der Waals surface area contributed by atoms with Crippen LogP contribution in [0.4, 0.5) is 0 Å². The van der Waals surface area contributed by atoms with Crippen LogP contribution in [0.2, 0.25) is 0 Å². The van der Waals surface area contributed by atoms with Gasteiger partial charge in [-0.25, -0.2) is 0 Å². The van der Waals surface area contributed by atoms with Crippen LogP contribution in [0.3, 0.4) is 0 Å². The molecule has 0 heterocycles. The number of carbonyl (C=O) groups is 1. The molecule has 0 radical (unpaired) electrons. The highest BCUT2D eigenvalue weighted by Crippen LogP contribution is 2.22. The van der Waals surface area contributed by atoms with Gasteiger partial charge in [-0.05, 0) is 44.1 Å². The summed E-state index contributed by atoms with van der Waals surface area (Å²) in [5.41, 5.74) is 1.45. The molecule has 1 heteroatoms. The molecule has 1 nitrogen and oxygen atoms in total. The van der Waals surface area contributed by atoms with Gasteiger partial charge >= 0.3 is 0 Å². The number of aryl methyl sites for hydroxylation is 1. The van der Waals surface area contributed by atoms with E-state index in [0.29, 0.717) is 11.7 Å².